The van der Waals surface area contributed by atoms with Crippen LogP contribution in [-0.4, -0.2) is 35.4 Å². The zero-order valence-electron chi connectivity index (χ0n) is 11.7. The molecule has 0 aromatic heterocycles. The van der Waals surface area contributed by atoms with Crippen LogP contribution in [0, 0.1) is 10.1 Å². The van der Waals surface area contributed by atoms with E-state index in [1.165, 1.54) is 12.1 Å². The van der Waals surface area contributed by atoms with Gasteiger partial charge in [-0.05, 0) is 25.5 Å². The van der Waals surface area contributed by atoms with E-state index in [1.54, 1.807) is 24.9 Å². The lowest BCUT2D eigenvalue weighted by molar-refractivity contribution is -0.385. The molecule has 0 spiro atoms. The zero-order chi connectivity index (χ0) is 15.3. The van der Waals surface area contributed by atoms with Crippen molar-refractivity contribution in [3.05, 3.63) is 38.3 Å². The van der Waals surface area contributed by atoms with Gasteiger partial charge in [0.25, 0.3) is 5.69 Å². The lowest BCUT2D eigenvalue weighted by Crippen LogP contribution is -2.42. The molecule has 0 saturated carbocycles. The van der Waals surface area contributed by atoms with Crippen LogP contribution < -0.4 is 5.32 Å². The number of nitro benzene ring substituents is 1. The van der Waals surface area contributed by atoms with Gasteiger partial charge in [0, 0.05) is 36.7 Å². The molecule has 1 unspecified atom stereocenters. The topological polar surface area (TPSA) is 75.5 Å². The summed E-state index contributed by atoms with van der Waals surface area (Å²) in [5.41, 5.74) is 0.783. The van der Waals surface area contributed by atoms with Crippen LogP contribution in [0.5, 0.6) is 0 Å². The monoisotopic (exact) mass is 343 g/mol. The third-order valence-corrected chi connectivity index (χ3v) is 3.44. The maximum Gasteiger partial charge on any atom is 0.270 e. The Morgan fingerprint density at radius 2 is 2.15 bits per heavy atom. The molecule has 6 nitrogen and oxygen atoms in total. The first-order chi connectivity index (χ1) is 9.35. The summed E-state index contributed by atoms with van der Waals surface area (Å²) in [7, 11) is 1.74. The molecule has 0 saturated heterocycles. The minimum absolute atomic E-state index is 0.00278. The highest BCUT2D eigenvalue weighted by molar-refractivity contribution is 9.10. The van der Waals surface area contributed by atoms with E-state index in [0.717, 1.165) is 5.56 Å². The summed E-state index contributed by atoms with van der Waals surface area (Å²) in [4.78, 5) is 23.9. The van der Waals surface area contributed by atoms with E-state index in [4.69, 9.17) is 0 Å². The molecule has 1 atom stereocenters. The van der Waals surface area contributed by atoms with Crippen LogP contribution in [0.3, 0.4) is 0 Å². The Bertz CT molecular complexity index is 508. The van der Waals surface area contributed by atoms with Gasteiger partial charge in [-0.25, -0.2) is 0 Å². The van der Waals surface area contributed by atoms with Crippen LogP contribution >= 0.6 is 15.9 Å². The molecule has 0 aliphatic heterocycles. The van der Waals surface area contributed by atoms with Crippen molar-refractivity contribution in [3.8, 4) is 0 Å². The van der Waals surface area contributed by atoms with E-state index in [0.29, 0.717) is 17.6 Å². The maximum atomic E-state index is 11.9. The lowest BCUT2D eigenvalue weighted by Gasteiger charge is -2.20. The summed E-state index contributed by atoms with van der Waals surface area (Å²) in [6.45, 7) is 4.72. The summed E-state index contributed by atoms with van der Waals surface area (Å²) in [5, 5.41) is 13.9. The Morgan fingerprint density at radius 1 is 1.50 bits per heavy atom. The van der Waals surface area contributed by atoms with E-state index in [9.17, 15) is 14.9 Å². The van der Waals surface area contributed by atoms with Gasteiger partial charge in [0.1, 0.15) is 0 Å². The summed E-state index contributed by atoms with van der Waals surface area (Å²) in [5.74, 6) is -0.00278. The average molecular weight is 344 g/mol. The van der Waals surface area contributed by atoms with Crippen LogP contribution in [0.25, 0.3) is 0 Å². The summed E-state index contributed by atoms with van der Waals surface area (Å²) in [6.07, 6.45) is 0. The molecule has 1 N–H and O–H groups in total. The van der Waals surface area contributed by atoms with E-state index in [2.05, 4.69) is 21.2 Å². The van der Waals surface area contributed by atoms with Crippen LogP contribution in [0.2, 0.25) is 0 Å². The van der Waals surface area contributed by atoms with E-state index >= 15 is 0 Å². The predicted molar refractivity (Wildman–Crippen MR) is 80.4 cm³/mol. The molecule has 0 aliphatic carbocycles. The number of halogens is 1. The molecule has 0 heterocycles. The van der Waals surface area contributed by atoms with Crippen molar-refractivity contribution in [2.45, 2.75) is 26.4 Å². The van der Waals surface area contributed by atoms with Crippen molar-refractivity contribution in [3.63, 3.8) is 0 Å². The Balaban J connectivity index is 2.70. The van der Waals surface area contributed by atoms with Crippen molar-refractivity contribution >= 4 is 27.5 Å². The molecule has 7 heteroatoms. The van der Waals surface area contributed by atoms with Crippen LogP contribution in [0.1, 0.15) is 19.4 Å². The Kier molecular flexibility index (Phi) is 6.09. The molecule has 1 rings (SSSR count). The normalized spacial score (nSPS) is 12.0. The molecule has 0 aliphatic rings. The molecular formula is C13H18BrN3O3. The van der Waals surface area contributed by atoms with Gasteiger partial charge < -0.3 is 10.2 Å². The van der Waals surface area contributed by atoms with E-state index in [1.807, 2.05) is 6.92 Å². The van der Waals surface area contributed by atoms with Gasteiger partial charge in [0.2, 0.25) is 5.91 Å². The highest BCUT2D eigenvalue weighted by Crippen LogP contribution is 2.21. The number of hydrogen-bond acceptors (Lipinski definition) is 4. The molecule has 110 valence electrons. The fraction of sp³-hybridized carbons (Fsp3) is 0.462. The molecule has 0 radical (unpaired) electrons. The summed E-state index contributed by atoms with van der Waals surface area (Å²) in [6, 6.07) is 4.40. The standard InChI is InChI=1S/C13H18BrN3O3/c1-4-16(3)13(18)9(2)15-8-10-5-11(14)7-12(6-10)17(19)20/h5-7,9,15H,4,8H2,1-3H3. The molecule has 20 heavy (non-hydrogen) atoms. The number of benzene rings is 1. The van der Waals surface area contributed by atoms with Gasteiger partial charge in [-0.1, -0.05) is 15.9 Å². The fourth-order valence-electron chi connectivity index (χ4n) is 1.69. The highest BCUT2D eigenvalue weighted by atomic mass is 79.9. The Morgan fingerprint density at radius 3 is 2.70 bits per heavy atom. The smallest absolute Gasteiger partial charge is 0.270 e. The van der Waals surface area contributed by atoms with Gasteiger partial charge in [0.05, 0.1) is 11.0 Å². The SMILES string of the molecule is CCN(C)C(=O)C(C)NCc1cc(Br)cc([N+](=O)[O-])c1. The number of carbonyl (C=O) groups excluding carboxylic acids is 1. The van der Waals surface area contributed by atoms with Crippen LogP contribution in [0.4, 0.5) is 5.69 Å². The average Bonchev–Trinajstić information content (AvgIpc) is 2.42. The lowest BCUT2D eigenvalue weighted by atomic mass is 10.2. The number of nitrogens with one attached hydrogen (secondary N) is 1. The van der Waals surface area contributed by atoms with E-state index < -0.39 is 4.92 Å². The molecular weight excluding hydrogens is 326 g/mol. The number of rotatable bonds is 6. The van der Waals surface area contributed by atoms with Crippen molar-refractivity contribution in [1.29, 1.82) is 0 Å². The first-order valence-electron chi connectivity index (χ1n) is 6.27. The van der Waals surface area contributed by atoms with Crippen LogP contribution in [0.15, 0.2) is 22.7 Å². The first kappa shape index (κ1) is 16.6. The molecule has 1 amide bonds. The van der Waals surface area contributed by atoms with Gasteiger partial charge in [-0.15, -0.1) is 0 Å². The Labute approximate surface area is 126 Å². The van der Waals surface area contributed by atoms with Gasteiger partial charge >= 0.3 is 0 Å². The fourth-order valence-corrected chi connectivity index (χ4v) is 2.21. The first-order valence-corrected chi connectivity index (χ1v) is 7.06. The minimum atomic E-state index is -0.437. The van der Waals surface area contributed by atoms with Gasteiger partial charge in [-0.2, -0.15) is 0 Å². The van der Waals surface area contributed by atoms with Crippen molar-refractivity contribution in [2.24, 2.45) is 0 Å². The van der Waals surface area contributed by atoms with E-state index in [-0.39, 0.29) is 17.6 Å². The number of likely N-dealkylation sites (N-methyl/N-ethyl adjacent to an activating group) is 1. The largest absolute Gasteiger partial charge is 0.345 e. The van der Waals surface area contributed by atoms with Crippen LogP contribution in [-0.2, 0) is 11.3 Å². The number of nitrogens with zero attached hydrogens (tertiary/aromatic N) is 2. The maximum absolute atomic E-state index is 11.9. The summed E-state index contributed by atoms with van der Waals surface area (Å²) < 4.78 is 0.646. The van der Waals surface area contributed by atoms with Crippen molar-refractivity contribution < 1.29 is 9.72 Å². The molecule has 0 bridgehead atoms. The number of carbonyl (C=O) groups is 1. The van der Waals surface area contributed by atoms with Crippen molar-refractivity contribution in [1.82, 2.24) is 10.2 Å². The summed E-state index contributed by atoms with van der Waals surface area (Å²) >= 11 is 3.24. The Hall–Kier alpha value is -1.47. The predicted octanol–water partition coefficient (Wildman–Crippen LogP) is 2.31. The zero-order valence-corrected chi connectivity index (χ0v) is 13.3. The molecule has 1 aromatic rings. The number of non-ortho nitro benzene ring substituents is 1. The third kappa shape index (κ3) is 4.57. The molecule has 1 aromatic carbocycles. The van der Waals surface area contributed by atoms with Crippen molar-refractivity contribution in [2.75, 3.05) is 13.6 Å². The third-order valence-electron chi connectivity index (χ3n) is 2.99. The van der Waals surface area contributed by atoms with Gasteiger partial charge in [0.15, 0.2) is 0 Å². The quantitative estimate of drug-likeness (QED) is 0.635. The number of nitro groups is 1. The number of hydrogen-bond donors (Lipinski definition) is 1. The minimum Gasteiger partial charge on any atom is -0.345 e. The second-order valence-corrected chi connectivity index (χ2v) is 5.45. The second-order valence-electron chi connectivity index (χ2n) is 4.53. The van der Waals surface area contributed by atoms with Gasteiger partial charge in [-0.3, -0.25) is 14.9 Å². The second kappa shape index (κ2) is 7.35. The highest BCUT2D eigenvalue weighted by Gasteiger charge is 2.16. The molecule has 0 fully saturated rings. The number of amides is 1.